The minimum atomic E-state index is -0.335. The number of hydrogen-bond donors (Lipinski definition) is 1. The number of ether oxygens (including phenoxy) is 1. The Morgan fingerprint density at radius 2 is 2.20 bits per heavy atom. The minimum Gasteiger partial charge on any atom is -0.395 e. The molecule has 2 nitrogen and oxygen atoms in total. The molecule has 0 aliphatic rings. The summed E-state index contributed by atoms with van der Waals surface area (Å²) < 4.78 is 19.2. The molecule has 3 heteroatoms. The minimum absolute atomic E-state index is 0.00720. The van der Waals surface area contributed by atoms with Gasteiger partial charge in [0.05, 0.1) is 18.8 Å². The van der Waals surface area contributed by atoms with Gasteiger partial charge in [0.1, 0.15) is 5.82 Å². The van der Waals surface area contributed by atoms with Crippen LogP contribution in [-0.2, 0) is 11.3 Å². The van der Waals surface area contributed by atoms with E-state index in [9.17, 15) is 4.39 Å². The zero-order chi connectivity index (χ0) is 14.8. The van der Waals surface area contributed by atoms with E-state index in [1.54, 1.807) is 12.1 Å². The lowest BCUT2D eigenvalue weighted by Crippen LogP contribution is -2.05. The fourth-order valence-corrected chi connectivity index (χ4v) is 1.93. The molecule has 1 atom stereocenters. The smallest absolute Gasteiger partial charge is 0.138 e. The van der Waals surface area contributed by atoms with Crippen molar-refractivity contribution in [1.29, 1.82) is 0 Å². The van der Waals surface area contributed by atoms with E-state index in [1.165, 1.54) is 6.07 Å². The standard InChI is InChI=1S/C17H23FO2/c1-3-6-14(2)12-20-13-15-8-9-17(18)16(11-15)7-4-5-10-19/h8-9,11,14,19H,3,5-6,10,12-13H2,1-2H3. The summed E-state index contributed by atoms with van der Waals surface area (Å²) in [5.41, 5.74) is 1.28. The summed E-state index contributed by atoms with van der Waals surface area (Å²) in [7, 11) is 0. The highest BCUT2D eigenvalue weighted by Gasteiger charge is 2.04. The van der Waals surface area contributed by atoms with Gasteiger partial charge in [0.15, 0.2) is 0 Å². The highest BCUT2D eigenvalue weighted by Crippen LogP contribution is 2.12. The average molecular weight is 278 g/mol. The third kappa shape index (κ3) is 6.18. The quantitative estimate of drug-likeness (QED) is 0.773. The Morgan fingerprint density at radius 3 is 2.90 bits per heavy atom. The van der Waals surface area contributed by atoms with Crippen LogP contribution in [0.1, 0.15) is 44.2 Å². The van der Waals surface area contributed by atoms with Crippen molar-refractivity contribution in [3.8, 4) is 11.8 Å². The first-order valence-electron chi connectivity index (χ1n) is 7.13. The molecule has 1 N–H and O–H groups in total. The molecule has 0 amide bonds. The molecule has 0 aromatic heterocycles. The van der Waals surface area contributed by atoms with Gasteiger partial charge in [-0.25, -0.2) is 4.39 Å². The lowest BCUT2D eigenvalue weighted by molar-refractivity contribution is 0.0893. The molecular formula is C17H23FO2. The number of halogens is 1. The van der Waals surface area contributed by atoms with Crippen molar-refractivity contribution in [3.63, 3.8) is 0 Å². The van der Waals surface area contributed by atoms with E-state index in [2.05, 4.69) is 25.7 Å². The summed E-state index contributed by atoms with van der Waals surface area (Å²) in [5.74, 6) is 5.67. The van der Waals surface area contributed by atoms with Crippen molar-refractivity contribution < 1.29 is 14.2 Å². The maximum atomic E-state index is 13.5. The molecular weight excluding hydrogens is 255 g/mol. The highest BCUT2D eigenvalue weighted by atomic mass is 19.1. The molecule has 0 radical (unpaired) electrons. The maximum Gasteiger partial charge on any atom is 0.138 e. The van der Waals surface area contributed by atoms with E-state index in [4.69, 9.17) is 9.84 Å². The number of aliphatic hydroxyl groups is 1. The van der Waals surface area contributed by atoms with Crippen molar-refractivity contribution in [2.24, 2.45) is 5.92 Å². The SMILES string of the molecule is CCCC(C)COCc1ccc(F)c(C#CCCO)c1. The molecule has 0 fully saturated rings. The topological polar surface area (TPSA) is 29.5 Å². The number of hydrogen-bond acceptors (Lipinski definition) is 2. The van der Waals surface area contributed by atoms with E-state index in [-0.39, 0.29) is 12.4 Å². The third-order valence-corrected chi connectivity index (χ3v) is 2.94. The van der Waals surface area contributed by atoms with Gasteiger partial charge in [-0.05, 0) is 30.0 Å². The fraction of sp³-hybridized carbons (Fsp3) is 0.529. The molecule has 1 unspecified atom stereocenters. The normalized spacial score (nSPS) is 11.8. The lowest BCUT2D eigenvalue weighted by atomic mass is 10.1. The van der Waals surface area contributed by atoms with E-state index < -0.39 is 0 Å². The molecule has 1 aromatic carbocycles. The molecule has 0 aliphatic carbocycles. The van der Waals surface area contributed by atoms with Gasteiger partial charge in [-0.3, -0.25) is 0 Å². The van der Waals surface area contributed by atoms with Crippen molar-refractivity contribution in [2.75, 3.05) is 13.2 Å². The van der Waals surface area contributed by atoms with Gasteiger partial charge in [-0.1, -0.05) is 38.2 Å². The molecule has 0 spiro atoms. The van der Waals surface area contributed by atoms with Gasteiger partial charge < -0.3 is 9.84 Å². The van der Waals surface area contributed by atoms with Gasteiger partial charge in [-0.2, -0.15) is 0 Å². The first-order chi connectivity index (χ1) is 9.67. The second-order valence-electron chi connectivity index (χ2n) is 5.00. The van der Waals surface area contributed by atoms with Crippen LogP contribution in [0.25, 0.3) is 0 Å². The van der Waals surface area contributed by atoms with Crippen LogP contribution >= 0.6 is 0 Å². The third-order valence-electron chi connectivity index (χ3n) is 2.94. The molecule has 0 heterocycles. The molecule has 0 saturated carbocycles. The van der Waals surface area contributed by atoms with Crippen LogP contribution in [0.2, 0.25) is 0 Å². The summed E-state index contributed by atoms with van der Waals surface area (Å²) >= 11 is 0. The molecule has 1 aromatic rings. The monoisotopic (exact) mass is 278 g/mol. The summed E-state index contributed by atoms with van der Waals surface area (Å²) in [4.78, 5) is 0. The van der Waals surface area contributed by atoms with E-state index in [0.29, 0.717) is 24.5 Å². The van der Waals surface area contributed by atoms with Crippen LogP contribution < -0.4 is 0 Å². The molecule has 0 bridgehead atoms. The van der Waals surface area contributed by atoms with Crippen LogP contribution in [0.4, 0.5) is 4.39 Å². The maximum absolute atomic E-state index is 13.5. The Labute approximate surface area is 121 Å². The molecule has 0 aliphatic heterocycles. The highest BCUT2D eigenvalue weighted by molar-refractivity contribution is 5.38. The predicted octanol–water partition coefficient (Wildman–Crippen LogP) is 3.51. The van der Waals surface area contributed by atoms with Gasteiger partial charge in [0.25, 0.3) is 0 Å². The zero-order valence-corrected chi connectivity index (χ0v) is 12.3. The number of benzene rings is 1. The molecule has 0 saturated heterocycles. The van der Waals surface area contributed by atoms with Crippen molar-refractivity contribution >= 4 is 0 Å². The van der Waals surface area contributed by atoms with Crippen molar-refractivity contribution in [1.82, 2.24) is 0 Å². The molecule has 1 rings (SSSR count). The Balaban J connectivity index is 2.55. The van der Waals surface area contributed by atoms with E-state index >= 15 is 0 Å². The van der Waals surface area contributed by atoms with Crippen LogP contribution in [-0.4, -0.2) is 18.3 Å². The summed E-state index contributed by atoms with van der Waals surface area (Å²) in [6, 6.07) is 4.85. The van der Waals surface area contributed by atoms with Crippen molar-refractivity contribution in [3.05, 3.63) is 35.1 Å². The first kappa shape index (κ1) is 16.7. The lowest BCUT2D eigenvalue weighted by Gasteiger charge is -2.11. The van der Waals surface area contributed by atoms with Gasteiger partial charge in [-0.15, -0.1) is 0 Å². The number of rotatable bonds is 7. The predicted molar refractivity (Wildman–Crippen MR) is 78.7 cm³/mol. The van der Waals surface area contributed by atoms with E-state index in [1.807, 2.05) is 0 Å². The average Bonchev–Trinajstić information content (AvgIpc) is 2.42. The molecule has 110 valence electrons. The molecule has 20 heavy (non-hydrogen) atoms. The summed E-state index contributed by atoms with van der Waals surface area (Å²) in [6.07, 6.45) is 2.67. The van der Waals surface area contributed by atoms with Crippen molar-refractivity contribution in [2.45, 2.75) is 39.7 Å². The summed E-state index contributed by atoms with van der Waals surface area (Å²) in [6.45, 7) is 5.51. The Kier molecular flexibility index (Phi) is 7.94. The van der Waals surface area contributed by atoms with Gasteiger partial charge in [0.2, 0.25) is 0 Å². The summed E-state index contributed by atoms with van der Waals surface area (Å²) in [5, 5.41) is 8.66. The zero-order valence-electron chi connectivity index (χ0n) is 12.3. The Hall–Kier alpha value is -1.37. The van der Waals surface area contributed by atoms with Crippen LogP contribution in [0, 0.1) is 23.6 Å². The van der Waals surface area contributed by atoms with Gasteiger partial charge >= 0.3 is 0 Å². The van der Waals surface area contributed by atoms with Crippen LogP contribution in [0.3, 0.4) is 0 Å². The first-order valence-corrected chi connectivity index (χ1v) is 7.13. The Bertz CT molecular complexity index is 460. The fourth-order valence-electron chi connectivity index (χ4n) is 1.93. The van der Waals surface area contributed by atoms with Gasteiger partial charge in [0, 0.05) is 13.0 Å². The Morgan fingerprint density at radius 1 is 1.40 bits per heavy atom. The second-order valence-corrected chi connectivity index (χ2v) is 5.00. The second kappa shape index (κ2) is 9.52. The number of aliphatic hydroxyl groups excluding tert-OH is 1. The van der Waals surface area contributed by atoms with E-state index in [0.717, 1.165) is 25.0 Å². The van der Waals surface area contributed by atoms with Crippen LogP contribution in [0.15, 0.2) is 18.2 Å². The largest absolute Gasteiger partial charge is 0.395 e. The van der Waals surface area contributed by atoms with Crippen LogP contribution in [0.5, 0.6) is 0 Å².